The van der Waals surface area contributed by atoms with Gasteiger partial charge < -0.3 is 15.1 Å². The zero-order valence-corrected chi connectivity index (χ0v) is 34.1. The van der Waals surface area contributed by atoms with Crippen LogP contribution in [0.1, 0.15) is 112 Å². The van der Waals surface area contributed by atoms with Gasteiger partial charge in [0.25, 0.3) is 17.4 Å². The Bertz CT molecular complexity index is 2450. The molecule has 0 bridgehead atoms. The molecule has 4 amide bonds. The van der Waals surface area contributed by atoms with E-state index in [0.29, 0.717) is 39.5 Å². The number of carbonyl (C=O) groups is 5. The van der Waals surface area contributed by atoms with E-state index < -0.39 is 23.8 Å². The lowest BCUT2D eigenvalue weighted by molar-refractivity contribution is -0.136. The molecule has 2 N–H and O–H groups in total. The van der Waals surface area contributed by atoms with Crippen LogP contribution in [0.15, 0.2) is 47.5 Å². The van der Waals surface area contributed by atoms with E-state index in [1.165, 1.54) is 6.92 Å². The summed E-state index contributed by atoms with van der Waals surface area (Å²) >= 11 is 0. The number of likely N-dealkylation sites (tertiary alicyclic amines) is 1. The second-order valence-corrected chi connectivity index (χ2v) is 16.8. The average molecular weight is 815 g/mol. The van der Waals surface area contributed by atoms with Crippen molar-refractivity contribution in [3.8, 4) is 0 Å². The normalized spacial score (nSPS) is 20.9. The van der Waals surface area contributed by atoms with E-state index in [2.05, 4.69) is 41.4 Å². The molecular weight excluding hydrogens is 765 g/mol. The van der Waals surface area contributed by atoms with Crippen molar-refractivity contribution in [2.24, 2.45) is 0 Å². The fraction of sp³-hybridized carbons (Fsp3) is 0.477. The maximum Gasteiger partial charge on any atom is 0.263 e. The number of ketones is 1. The van der Waals surface area contributed by atoms with Gasteiger partial charge in [-0.25, -0.2) is 9.97 Å². The number of nitrogens with one attached hydrogen (secondary N) is 2. The Morgan fingerprint density at radius 3 is 2.22 bits per heavy atom. The van der Waals surface area contributed by atoms with Crippen molar-refractivity contribution in [3.63, 3.8) is 0 Å². The first kappa shape index (κ1) is 39.6. The van der Waals surface area contributed by atoms with Crippen LogP contribution >= 0.6 is 0 Å². The van der Waals surface area contributed by atoms with Gasteiger partial charge in [-0.15, -0.1) is 0 Å². The van der Waals surface area contributed by atoms with Crippen molar-refractivity contribution in [1.29, 1.82) is 0 Å². The minimum atomic E-state index is -0.962. The largest absolute Gasteiger partial charge is 0.368 e. The number of Topliss-reactive ketones (excluding diaryl/α,β-unsaturated/α-hetero) is 1. The molecule has 60 heavy (non-hydrogen) atoms. The number of benzene rings is 1. The van der Waals surface area contributed by atoms with Crippen LogP contribution in [0.5, 0.6) is 0 Å². The monoisotopic (exact) mass is 814 g/mol. The van der Waals surface area contributed by atoms with E-state index in [0.717, 1.165) is 107 Å². The van der Waals surface area contributed by atoms with Gasteiger partial charge in [0.05, 0.1) is 28.6 Å². The number of anilines is 3. The number of fused-ring (bicyclic) bond motifs is 2. The van der Waals surface area contributed by atoms with Crippen molar-refractivity contribution >= 4 is 57.9 Å². The third kappa shape index (κ3) is 7.46. The number of imide groups is 2. The second kappa shape index (κ2) is 16.3. The third-order valence-corrected chi connectivity index (χ3v) is 13.2. The Morgan fingerprint density at radius 1 is 0.817 bits per heavy atom. The van der Waals surface area contributed by atoms with Crippen molar-refractivity contribution in [1.82, 2.24) is 39.5 Å². The highest BCUT2D eigenvalue weighted by Crippen LogP contribution is 2.35. The van der Waals surface area contributed by atoms with Gasteiger partial charge in [0.15, 0.2) is 5.78 Å². The molecule has 312 valence electrons. The zero-order valence-electron chi connectivity index (χ0n) is 34.1. The number of rotatable bonds is 10. The SMILES string of the molecule is CC(=O)c1c(C)c2cnc(Nc3ccc(N4CCN(CCN5CCC(c6ccc7c(c6)C(=O)N(C6CCC(=O)NC6=O)C7=O)CC5)CC4)cn3)nc2n(C2CCCC2)c1=O. The molecule has 1 unspecified atom stereocenters. The van der Waals surface area contributed by atoms with Gasteiger partial charge in [0.2, 0.25) is 17.8 Å². The topological polar surface area (TPSA) is 183 Å². The van der Waals surface area contributed by atoms with E-state index in [1.54, 1.807) is 23.8 Å². The summed E-state index contributed by atoms with van der Waals surface area (Å²) < 4.78 is 1.71. The van der Waals surface area contributed by atoms with Crippen LogP contribution in [0, 0.1) is 6.92 Å². The lowest BCUT2D eigenvalue weighted by Crippen LogP contribution is -2.54. The first-order valence-electron chi connectivity index (χ1n) is 21.2. The van der Waals surface area contributed by atoms with Crippen LogP contribution in [-0.4, -0.2) is 122 Å². The molecule has 1 aromatic carbocycles. The third-order valence-electron chi connectivity index (χ3n) is 13.2. The summed E-state index contributed by atoms with van der Waals surface area (Å²) in [6.07, 6.45) is 9.56. The molecule has 1 aliphatic carbocycles. The van der Waals surface area contributed by atoms with Crippen LogP contribution in [-0.2, 0) is 9.59 Å². The number of nitrogens with zero attached hydrogens (tertiary/aromatic N) is 8. The molecule has 4 aromatic rings. The second-order valence-electron chi connectivity index (χ2n) is 16.8. The lowest BCUT2D eigenvalue weighted by Gasteiger charge is -2.38. The summed E-state index contributed by atoms with van der Waals surface area (Å²) in [7, 11) is 0. The quantitative estimate of drug-likeness (QED) is 0.174. The molecule has 7 heterocycles. The van der Waals surface area contributed by atoms with E-state index in [-0.39, 0.29) is 47.6 Å². The number of piperazine rings is 1. The minimum Gasteiger partial charge on any atom is -0.368 e. The van der Waals surface area contributed by atoms with Gasteiger partial charge in [-0.05, 0) is 100 Å². The summed E-state index contributed by atoms with van der Waals surface area (Å²) in [6, 6.07) is 8.52. The molecule has 16 heteroatoms. The number of pyridine rings is 2. The van der Waals surface area contributed by atoms with Crippen molar-refractivity contribution in [2.75, 3.05) is 62.6 Å². The predicted octanol–water partition coefficient (Wildman–Crippen LogP) is 3.96. The molecule has 0 spiro atoms. The molecule has 16 nitrogen and oxygen atoms in total. The summed E-state index contributed by atoms with van der Waals surface area (Å²) in [6.45, 7) is 10.8. The van der Waals surface area contributed by atoms with E-state index in [9.17, 15) is 28.8 Å². The smallest absolute Gasteiger partial charge is 0.263 e. The molecule has 1 atom stereocenters. The number of carbonyl (C=O) groups excluding carboxylic acids is 5. The molecule has 3 saturated heterocycles. The first-order chi connectivity index (χ1) is 29.0. The number of hydrogen-bond acceptors (Lipinski definition) is 13. The van der Waals surface area contributed by atoms with Crippen LogP contribution in [0.3, 0.4) is 0 Å². The van der Waals surface area contributed by atoms with Crippen LogP contribution in [0.2, 0.25) is 0 Å². The highest BCUT2D eigenvalue weighted by Gasteiger charge is 2.45. The van der Waals surface area contributed by atoms with Crippen molar-refractivity contribution < 1.29 is 24.0 Å². The number of aromatic nitrogens is 4. The Balaban J connectivity index is 0.752. The molecular formula is C44H50N10O6. The van der Waals surface area contributed by atoms with Gasteiger partial charge in [0, 0.05) is 63.3 Å². The van der Waals surface area contributed by atoms with Crippen LogP contribution in [0.25, 0.3) is 11.0 Å². The summed E-state index contributed by atoms with van der Waals surface area (Å²) in [5, 5.41) is 6.18. The van der Waals surface area contributed by atoms with Gasteiger partial charge >= 0.3 is 0 Å². The lowest BCUT2D eigenvalue weighted by atomic mass is 9.88. The van der Waals surface area contributed by atoms with Crippen molar-refractivity contribution in [2.45, 2.75) is 83.2 Å². The Kier molecular flexibility index (Phi) is 10.8. The van der Waals surface area contributed by atoms with E-state index in [4.69, 9.17) is 4.98 Å². The molecule has 1 saturated carbocycles. The van der Waals surface area contributed by atoms with E-state index >= 15 is 0 Å². The van der Waals surface area contributed by atoms with Crippen LogP contribution < -0.4 is 21.1 Å². The Hall–Kier alpha value is -5.87. The first-order valence-corrected chi connectivity index (χ1v) is 21.2. The highest BCUT2D eigenvalue weighted by atomic mass is 16.2. The standard InChI is InChI=1S/C44H50N10O6/c1-26-34-25-46-44(49-39(34)53(30-5-3-4-6-30)43(60)38(26)27(2)55)47-36-11-8-31(24-45-36)52-21-19-51(20-22-52)18-17-50-15-13-28(14-16-50)29-7-9-32-33(23-29)42(59)54(41(32)58)35-10-12-37(56)48-40(35)57/h7-9,11,23-25,28,30,35H,3-6,10,12-22H2,1-2H3,(H,48,56,57)(H,45,46,47,49). The number of hydrogen-bond donors (Lipinski definition) is 2. The maximum absolute atomic E-state index is 13.6. The molecule has 9 rings (SSSR count). The molecule has 0 radical (unpaired) electrons. The summed E-state index contributed by atoms with van der Waals surface area (Å²) in [5.74, 6) is -0.935. The summed E-state index contributed by atoms with van der Waals surface area (Å²) in [4.78, 5) is 99.0. The highest BCUT2D eigenvalue weighted by molar-refractivity contribution is 6.23. The minimum absolute atomic E-state index is 0.00859. The fourth-order valence-electron chi connectivity index (χ4n) is 9.82. The zero-order chi connectivity index (χ0) is 41.7. The van der Waals surface area contributed by atoms with E-state index in [1.807, 2.05) is 24.4 Å². The van der Waals surface area contributed by atoms with Gasteiger partial charge in [0.1, 0.15) is 17.5 Å². The number of piperidine rings is 2. The maximum atomic E-state index is 13.6. The van der Waals surface area contributed by atoms with Crippen molar-refractivity contribution in [3.05, 3.63) is 80.9 Å². The van der Waals surface area contributed by atoms with Gasteiger partial charge in [-0.3, -0.25) is 48.5 Å². The fourth-order valence-corrected chi connectivity index (χ4v) is 9.82. The van der Waals surface area contributed by atoms with Gasteiger partial charge in [-0.2, -0.15) is 4.98 Å². The molecule has 4 aliphatic heterocycles. The average Bonchev–Trinajstić information content (AvgIpc) is 3.86. The predicted molar refractivity (Wildman–Crippen MR) is 224 cm³/mol. The number of amides is 4. The molecule has 3 aromatic heterocycles. The Labute approximate surface area is 347 Å². The Morgan fingerprint density at radius 2 is 1.53 bits per heavy atom. The van der Waals surface area contributed by atoms with Gasteiger partial charge in [-0.1, -0.05) is 18.9 Å². The summed E-state index contributed by atoms with van der Waals surface area (Å²) in [5.41, 5.74) is 3.85. The molecule has 4 fully saturated rings. The number of aryl methyl sites for hydroxylation is 1. The molecule has 5 aliphatic rings. The van der Waals surface area contributed by atoms with Crippen LogP contribution in [0.4, 0.5) is 17.5 Å².